The predicted octanol–water partition coefficient (Wildman–Crippen LogP) is 3.25. The predicted molar refractivity (Wildman–Crippen MR) is 59.6 cm³/mol. The highest BCUT2D eigenvalue weighted by atomic mass is 32.1. The number of hydrogen-bond donors (Lipinski definition) is 1. The summed E-state index contributed by atoms with van der Waals surface area (Å²) >= 11 is 4.89. The van der Waals surface area contributed by atoms with Crippen molar-refractivity contribution in [1.29, 1.82) is 0 Å². The number of halogens is 1. The van der Waals surface area contributed by atoms with Gasteiger partial charge in [-0.2, -0.15) is 5.10 Å². The van der Waals surface area contributed by atoms with Crippen molar-refractivity contribution in [2.24, 2.45) is 0 Å². The van der Waals surface area contributed by atoms with Gasteiger partial charge in [0.1, 0.15) is 10.5 Å². The van der Waals surface area contributed by atoms with Crippen LogP contribution in [0.3, 0.4) is 0 Å². The molecule has 1 N–H and O–H groups in total. The minimum Gasteiger partial charge on any atom is -0.267 e. The molecule has 0 atom stereocenters. The molecule has 0 spiro atoms. The van der Waals surface area contributed by atoms with E-state index >= 15 is 0 Å². The van der Waals surface area contributed by atoms with E-state index in [1.165, 1.54) is 12.1 Å². The van der Waals surface area contributed by atoms with Crippen molar-refractivity contribution in [3.63, 3.8) is 0 Å². The van der Waals surface area contributed by atoms with Gasteiger partial charge in [-0.1, -0.05) is 18.3 Å². The maximum absolute atomic E-state index is 13.1. The Hall–Kier alpha value is -1.55. The number of aryl methyl sites for hydroxylation is 1. The third-order valence-electron chi connectivity index (χ3n) is 2.15. The second-order valence-corrected chi connectivity index (χ2v) is 3.71. The summed E-state index contributed by atoms with van der Waals surface area (Å²) in [6.07, 6.45) is 0. The summed E-state index contributed by atoms with van der Waals surface area (Å²) in [7, 11) is 0. The van der Waals surface area contributed by atoms with Crippen molar-refractivity contribution in [3.05, 3.63) is 46.4 Å². The Morgan fingerprint density at radius 3 is 2.73 bits per heavy atom. The molecule has 0 radical (unpaired) electrons. The topological polar surface area (TPSA) is 28.7 Å². The Bertz CT molecular complexity index is 528. The fourth-order valence-corrected chi connectivity index (χ4v) is 1.48. The molecule has 0 saturated heterocycles. The number of benzene rings is 1. The molecule has 2 nitrogen and oxygen atoms in total. The average Bonchev–Trinajstić information content (AvgIpc) is 2.23. The lowest BCUT2D eigenvalue weighted by molar-refractivity contribution is 0.628. The summed E-state index contributed by atoms with van der Waals surface area (Å²) in [5.74, 6) is -0.264. The lowest BCUT2D eigenvalue weighted by atomic mass is 10.1. The molecule has 2 aromatic rings. The molecule has 0 amide bonds. The maximum Gasteiger partial charge on any atom is 0.123 e. The SMILES string of the molecule is Cc1ccc(F)cc1-c1ccc(=S)[nH]n1. The summed E-state index contributed by atoms with van der Waals surface area (Å²) in [4.78, 5) is 0. The third kappa shape index (κ3) is 2.10. The van der Waals surface area contributed by atoms with E-state index in [0.29, 0.717) is 10.3 Å². The van der Waals surface area contributed by atoms with Gasteiger partial charge in [0.15, 0.2) is 0 Å². The van der Waals surface area contributed by atoms with Crippen LogP contribution in [-0.4, -0.2) is 10.2 Å². The number of nitrogens with zero attached hydrogens (tertiary/aromatic N) is 1. The van der Waals surface area contributed by atoms with Gasteiger partial charge in [-0.05, 0) is 36.8 Å². The van der Waals surface area contributed by atoms with Gasteiger partial charge in [0, 0.05) is 5.56 Å². The van der Waals surface area contributed by atoms with Crippen LogP contribution in [-0.2, 0) is 0 Å². The standard InChI is InChI=1S/C11H9FN2S/c1-7-2-3-8(12)6-9(7)10-4-5-11(15)14-13-10/h2-6H,1H3,(H,14,15). The van der Waals surface area contributed by atoms with Gasteiger partial charge in [0.05, 0.1) is 5.69 Å². The van der Waals surface area contributed by atoms with Gasteiger partial charge in [-0.25, -0.2) is 4.39 Å². The summed E-state index contributed by atoms with van der Waals surface area (Å²) in [5, 5.41) is 6.74. The zero-order valence-electron chi connectivity index (χ0n) is 8.12. The van der Waals surface area contributed by atoms with E-state index in [2.05, 4.69) is 10.2 Å². The van der Waals surface area contributed by atoms with Crippen LogP contribution in [0.1, 0.15) is 5.56 Å². The number of rotatable bonds is 1. The van der Waals surface area contributed by atoms with E-state index in [0.717, 1.165) is 11.1 Å². The van der Waals surface area contributed by atoms with Gasteiger partial charge in [0.25, 0.3) is 0 Å². The van der Waals surface area contributed by atoms with Crippen LogP contribution in [0.15, 0.2) is 30.3 Å². The smallest absolute Gasteiger partial charge is 0.123 e. The van der Waals surface area contributed by atoms with Crippen molar-refractivity contribution in [3.8, 4) is 11.3 Å². The lowest BCUT2D eigenvalue weighted by Gasteiger charge is -2.04. The van der Waals surface area contributed by atoms with Crippen LogP contribution in [0.2, 0.25) is 0 Å². The molecule has 0 fully saturated rings. The first kappa shape index (κ1) is 9.98. The van der Waals surface area contributed by atoms with Crippen LogP contribution in [0.25, 0.3) is 11.3 Å². The van der Waals surface area contributed by atoms with Crippen molar-refractivity contribution >= 4 is 12.2 Å². The largest absolute Gasteiger partial charge is 0.267 e. The van der Waals surface area contributed by atoms with E-state index < -0.39 is 0 Å². The second-order valence-electron chi connectivity index (χ2n) is 3.27. The third-order valence-corrected chi connectivity index (χ3v) is 2.38. The van der Waals surface area contributed by atoms with Gasteiger partial charge in [-0.3, -0.25) is 5.10 Å². The molecular weight excluding hydrogens is 211 g/mol. The fourth-order valence-electron chi connectivity index (χ4n) is 1.36. The molecule has 76 valence electrons. The van der Waals surface area contributed by atoms with Gasteiger partial charge < -0.3 is 0 Å². The van der Waals surface area contributed by atoms with E-state index in [-0.39, 0.29) is 5.82 Å². The van der Waals surface area contributed by atoms with E-state index in [9.17, 15) is 4.39 Å². The van der Waals surface area contributed by atoms with Crippen LogP contribution in [0.4, 0.5) is 4.39 Å². The minimum atomic E-state index is -0.264. The fraction of sp³-hybridized carbons (Fsp3) is 0.0909. The highest BCUT2D eigenvalue weighted by Crippen LogP contribution is 2.21. The van der Waals surface area contributed by atoms with E-state index in [4.69, 9.17) is 12.2 Å². The Kier molecular flexibility index (Phi) is 2.60. The Labute approximate surface area is 91.8 Å². The van der Waals surface area contributed by atoms with Crippen LogP contribution < -0.4 is 0 Å². The monoisotopic (exact) mass is 220 g/mol. The second kappa shape index (κ2) is 3.90. The molecule has 15 heavy (non-hydrogen) atoms. The molecule has 0 saturated carbocycles. The Morgan fingerprint density at radius 2 is 2.07 bits per heavy atom. The molecule has 0 aliphatic carbocycles. The van der Waals surface area contributed by atoms with Gasteiger partial charge in [0.2, 0.25) is 0 Å². The van der Waals surface area contributed by atoms with E-state index in [1.807, 2.05) is 6.92 Å². The highest BCUT2D eigenvalue weighted by Gasteiger charge is 2.04. The first-order chi connectivity index (χ1) is 7.16. The maximum atomic E-state index is 13.1. The lowest BCUT2D eigenvalue weighted by Crippen LogP contribution is -1.90. The summed E-state index contributed by atoms with van der Waals surface area (Å²) in [5.41, 5.74) is 2.45. The molecule has 0 bridgehead atoms. The van der Waals surface area contributed by atoms with Gasteiger partial charge in [-0.15, -0.1) is 0 Å². The molecule has 0 unspecified atom stereocenters. The van der Waals surface area contributed by atoms with Gasteiger partial charge >= 0.3 is 0 Å². The molecule has 2 rings (SSSR count). The Balaban J connectivity index is 2.58. The normalized spacial score (nSPS) is 10.3. The summed E-state index contributed by atoms with van der Waals surface area (Å²) in [6.45, 7) is 1.91. The minimum absolute atomic E-state index is 0.264. The van der Waals surface area contributed by atoms with Crippen LogP contribution in [0, 0.1) is 17.4 Å². The first-order valence-electron chi connectivity index (χ1n) is 4.49. The molecule has 0 aliphatic heterocycles. The Morgan fingerprint density at radius 1 is 1.27 bits per heavy atom. The van der Waals surface area contributed by atoms with Crippen molar-refractivity contribution < 1.29 is 4.39 Å². The van der Waals surface area contributed by atoms with Crippen LogP contribution in [0.5, 0.6) is 0 Å². The molecule has 1 aromatic heterocycles. The summed E-state index contributed by atoms with van der Waals surface area (Å²) < 4.78 is 13.6. The number of nitrogens with one attached hydrogen (secondary N) is 1. The molecule has 1 aromatic carbocycles. The first-order valence-corrected chi connectivity index (χ1v) is 4.90. The quantitative estimate of drug-likeness (QED) is 0.747. The van der Waals surface area contributed by atoms with Crippen molar-refractivity contribution in [2.45, 2.75) is 6.92 Å². The number of aromatic nitrogens is 2. The molecular formula is C11H9FN2S. The average molecular weight is 220 g/mol. The zero-order valence-corrected chi connectivity index (χ0v) is 8.94. The molecule has 4 heteroatoms. The molecule has 1 heterocycles. The highest BCUT2D eigenvalue weighted by molar-refractivity contribution is 7.71. The number of hydrogen-bond acceptors (Lipinski definition) is 2. The summed E-state index contributed by atoms with van der Waals surface area (Å²) in [6, 6.07) is 8.15. The number of aromatic amines is 1. The van der Waals surface area contributed by atoms with E-state index in [1.54, 1.807) is 18.2 Å². The zero-order chi connectivity index (χ0) is 10.8. The van der Waals surface area contributed by atoms with Crippen molar-refractivity contribution in [2.75, 3.05) is 0 Å². The van der Waals surface area contributed by atoms with Crippen LogP contribution >= 0.6 is 12.2 Å². The number of H-pyrrole nitrogens is 1. The molecule has 0 aliphatic rings. The van der Waals surface area contributed by atoms with Crippen molar-refractivity contribution in [1.82, 2.24) is 10.2 Å².